The molecule has 1 aliphatic heterocycles. The first-order chi connectivity index (χ1) is 9.13. The summed E-state index contributed by atoms with van der Waals surface area (Å²) in [6.07, 6.45) is 3.78. The Kier molecular flexibility index (Phi) is 4.31. The van der Waals surface area contributed by atoms with Crippen LogP contribution in [0, 0.1) is 15.9 Å². The van der Waals surface area contributed by atoms with E-state index in [4.69, 9.17) is 5.73 Å². The largest absolute Gasteiger partial charge is 0.363 e. The van der Waals surface area contributed by atoms with Gasteiger partial charge in [0.1, 0.15) is 11.5 Å². The predicted octanol–water partition coefficient (Wildman–Crippen LogP) is 2.44. The Labute approximate surface area is 111 Å². The molecule has 1 unspecified atom stereocenters. The second kappa shape index (κ2) is 5.97. The van der Waals surface area contributed by atoms with E-state index in [0.29, 0.717) is 12.2 Å². The standard InChI is InChI=1S/C13H18FN3O2/c14-10-4-5-12(17(18)19)13(9-10)16-8-2-1-3-11(16)6-7-15/h4-5,9,11H,1-3,6-8,15H2. The molecule has 1 aromatic carbocycles. The van der Waals surface area contributed by atoms with E-state index in [-0.39, 0.29) is 11.7 Å². The van der Waals surface area contributed by atoms with Gasteiger partial charge in [-0.3, -0.25) is 10.1 Å². The van der Waals surface area contributed by atoms with Crippen molar-refractivity contribution >= 4 is 11.4 Å². The second-order valence-corrected chi connectivity index (χ2v) is 4.81. The van der Waals surface area contributed by atoms with Crippen molar-refractivity contribution in [2.45, 2.75) is 31.7 Å². The molecule has 104 valence electrons. The van der Waals surface area contributed by atoms with Crippen LogP contribution in [0.15, 0.2) is 18.2 Å². The van der Waals surface area contributed by atoms with Crippen LogP contribution in [0.3, 0.4) is 0 Å². The molecular formula is C13H18FN3O2. The quantitative estimate of drug-likeness (QED) is 0.671. The summed E-state index contributed by atoms with van der Waals surface area (Å²) in [7, 11) is 0. The highest BCUT2D eigenvalue weighted by molar-refractivity contribution is 5.64. The lowest BCUT2D eigenvalue weighted by Gasteiger charge is -2.37. The number of halogens is 1. The molecule has 1 heterocycles. The Morgan fingerprint density at radius 2 is 2.26 bits per heavy atom. The molecule has 1 saturated heterocycles. The fourth-order valence-electron chi connectivity index (χ4n) is 2.69. The summed E-state index contributed by atoms with van der Waals surface area (Å²) >= 11 is 0. The van der Waals surface area contributed by atoms with Gasteiger partial charge in [0.2, 0.25) is 0 Å². The molecule has 0 aromatic heterocycles. The van der Waals surface area contributed by atoms with Gasteiger partial charge in [0, 0.05) is 24.7 Å². The topological polar surface area (TPSA) is 72.4 Å². The first-order valence-electron chi connectivity index (χ1n) is 6.54. The minimum atomic E-state index is -0.455. The Hall–Kier alpha value is -1.69. The normalized spacial score (nSPS) is 19.5. The van der Waals surface area contributed by atoms with Crippen LogP contribution in [0.25, 0.3) is 0 Å². The summed E-state index contributed by atoms with van der Waals surface area (Å²) in [6, 6.07) is 3.79. The van der Waals surface area contributed by atoms with Crippen molar-refractivity contribution in [2.24, 2.45) is 5.73 Å². The maximum atomic E-state index is 13.4. The maximum absolute atomic E-state index is 13.4. The van der Waals surface area contributed by atoms with Crippen molar-refractivity contribution in [1.82, 2.24) is 0 Å². The highest BCUT2D eigenvalue weighted by atomic mass is 19.1. The van der Waals surface area contributed by atoms with Crippen LogP contribution in [0.2, 0.25) is 0 Å². The number of nitrogens with two attached hydrogens (primary N) is 1. The lowest BCUT2D eigenvalue weighted by molar-refractivity contribution is -0.384. The third-order valence-electron chi connectivity index (χ3n) is 3.57. The summed E-state index contributed by atoms with van der Waals surface area (Å²) < 4.78 is 13.4. The number of hydrogen-bond donors (Lipinski definition) is 1. The van der Waals surface area contributed by atoms with Crippen LogP contribution >= 0.6 is 0 Å². The summed E-state index contributed by atoms with van der Waals surface area (Å²) in [6.45, 7) is 1.25. The number of nitro benzene ring substituents is 1. The Morgan fingerprint density at radius 1 is 1.47 bits per heavy atom. The van der Waals surface area contributed by atoms with Crippen LogP contribution in [0.5, 0.6) is 0 Å². The van der Waals surface area contributed by atoms with Gasteiger partial charge < -0.3 is 10.6 Å². The zero-order valence-electron chi connectivity index (χ0n) is 10.7. The van der Waals surface area contributed by atoms with Crippen LogP contribution in [-0.4, -0.2) is 24.1 Å². The number of benzene rings is 1. The molecule has 0 bridgehead atoms. The van der Waals surface area contributed by atoms with Crippen molar-refractivity contribution in [3.8, 4) is 0 Å². The molecule has 5 nitrogen and oxygen atoms in total. The summed E-state index contributed by atoms with van der Waals surface area (Å²) in [4.78, 5) is 12.6. The average Bonchev–Trinajstić information content (AvgIpc) is 2.39. The molecule has 6 heteroatoms. The maximum Gasteiger partial charge on any atom is 0.292 e. The lowest BCUT2D eigenvalue weighted by Crippen LogP contribution is -2.41. The van der Waals surface area contributed by atoms with Crippen molar-refractivity contribution in [2.75, 3.05) is 18.0 Å². The zero-order valence-corrected chi connectivity index (χ0v) is 10.7. The average molecular weight is 267 g/mol. The Balaban J connectivity index is 2.37. The van der Waals surface area contributed by atoms with Gasteiger partial charge in [0.25, 0.3) is 5.69 Å². The highest BCUT2D eigenvalue weighted by Crippen LogP contribution is 2.34. The first-order valence-corrected chi connectivity index (χ1v) is 6.54. The number of piperidine rings is 1. The number of hydrogen-bond acceptors (Lipinski definition) is 4. The van der Waals surface area contributed by atoms with Crippen LogP contribution in [0.1, 0.15) is 25.7 Å². The summed E-state index contributed by atoms with van der Waals surface area (Å²) in [5.74, 6) is -0.447. The fourth-order valence-corrected chi connectivity index (χ4v) is 2.69. The smallest absolute Gasteiger partial charge is 0.292 e. The van der Waals surface area contributed by atoms with Crippen molar-refractivity contribution in [3.63, 3.8) is 0 Å². The molecule has 0 radical (unpaired) electrons. The van der Waals surface area contributed by atoms with E-state index in [9.17, 15) is 14.5 Å². The molecule has 1 aromatic rings. The molecule has 0 saturated carbocycles. The van der Waals surface area contributed by atoms with Gasteiger partial charge in [0.15, 0.2) is 0 Å². The van der Waals surface area contributed by atoms with E-state index in [2.05, 4.69) is 0 Å². The monoisotopic (exact) mass is 267 g/mol. The van der Waals surface area contributed by atoms with E-state index < -0.39 is 10.7 Å². The summed E-state index contributed by atoms with van der Waals surface area (Å²) in [5.41, 5.74) is 5.93. The molecule has 1 aliphatic rings. The Morgan fingerprint density at radius 3 is 2.95 bits per heavy atom. The van der Waals surface area contributed by atoms with Crippen LogP contribution < -0.4 is 10.6 Å². The summed E-state index contributed by atoms with van der Waals surface area (Å²) in [5, 5.41) is 11.1. The molecule has 1 fully saturated rings. The van der Waals surface area contributed by atoms with Crippen LogP contribution in [-0.2, 0) is 0 Å². The molecule has 2 rings (SSSR count). The lowest BCUT2D eigenvalue weighted by atomic mass is 9.98. The SMILES string of the molecule is NCCC1CCCCN1c1cc(F)ccc1[N+](=O)[O-]. The van der Waals surface area contributed by atoms with E-state index in [0.717, 1.165) is 38.3 Å². The predicted molar refractivity (Wildman–Crippen MR) is 71.7 cm³/mol. The molecule has 0 aliphatic carbocycles. The minimum absolute atomic E-state index is 0.0367. The molecule has 0 spiro atoms. The number of nitrogens with zero attached hydrogens (tertiary/aromatic N) is 2. The van der Waals surface area contributed by atoms with Gasteiger partial charge in [-0.25, -0.2) is 4.39 Å². The van der Waals surface area contributed by atoms with Crippen molar-refractivity contribution in [3.05, 3.63) is 34.1 Å². The van der Waals surface area contributed by atoms with Gasteiger partial charge in [-0.2, -0.15) is 0 Å². The van der Waals surface area contributed by atoms with E-state index in [1.54, 1.807) is 0 Å². The van der Waals surface area contributed by atoms with E-state index in [1.807, 2.05) is 4.90 Å². The minimum Gasteiger partial charge on any atom is -0.363 e. The third kappa shape index (κ3) is 3.01. The fraction of sp³-hybridized carbons (Fsp3) is 0.538. The van der Waals surface area contributed by atoms with Gasteiger partial charge >= 0.3 is 0 Å². The molecule has 1 atom stereocenters. The molecular weight excluding hydrogens is 249 g/mol. The van der Waals surface area contributed by atoms with Gasteiger partial charge in [0.05, 0.1) is 4.92 Å². The number of anilines is 1. The van der Waals surface area contributed by atoms with E-state index in [1.165, 1.54) is 12.1 Å². The van der Waals surface area contributed by atoms with Crippen molar-refractivity contribution < 1.29 is 9.31 Å². The second-order valence-electron chi connectivity index (χ2n) is 4.81. The molecule has 0 amide bonds. The zero-order chi connectivity index (χ0) is 13.8. The van der Waals surface area contributed by atoms with Gasteiger partial charge in [-0.15, -0.1) is 0 Å². The first kappa shape index (κ1) is 13.7. The van der Waals surface area contributed by atoms with Crippen molar-refractivity contribution in [1.29, 1.82) is 0 Å². The number of nitro groups is 1. The number of rotatable bonds is 4. The molecule has 2 N–H and O–H groups in total. The Bertz CT molecular complexity index is 465. The highest BCUT2D eigenvalue weighted by Gasteiger charge is 2.27. The van der Waals surface area contributed by atoms with Crippen LogP contribution in [0.4, 0.5) is 15.8 Å². The van der Waals surface area contributed by atoms with Gasteiger partial charge in [-0.1, -0.05) is 0 Å². The molecule has 19 heavy (non-hydrogen) atoms. The third-order valence-corrected chi connectivity index (χ3v) is 3.57. The van der Waals surface area contributed by atoms with E-state index >= 15 is 0 Å². The van der Waals surface area contributed by atoms with Gasteiger partial charge in [-0.05, 0) is 38.3 Å².